The lowest BCUT2D eigenvalue weighted by Gasteiger charge is -2.08. The number of aryl methyl sites for hydroxylation is 3. The number of nitrogens with one attached hydrogen (secondary N) is 1. The van der Waals surface area contributed by atoms with Gasteiger partial charge in [0.2, 0.25) is 0 Å². The molecule has 2 heterocycles. The van der Waals surface area contributed by atoms with E-state index in [2.05, 4.69) is 57.9 Å². The second-order valence-corrected chi connectivity index (χ2v) is 7.29. The second-order valence-electron chi connectivity index (χ2n) is 7.29. The van der Waals surface area contributed by atoms with Crippen molar-refractivity contribution in [1.29, 1.82) is 0 Å². The highest BCUT2D eigenvalue weighted by molar-refractivity contribution is 5.93. The average Bonchev–Trinajstić information content (AvgIpc) is 3.12. The Morgan fingerprint density at radius 3 is 2.72 bits per heavy atom. The van der Waals surface area contributed by atoms with Crippen LogP contribution in [-0.4, -0.2) is 27.2 Å². The fourth-order valence-corrected chi connectivity index (χ4v) is 3.45. The van der Waals surface area contributed by atoms with Crippen molar-refractivity contribution in [3.8, 4) is 11.1 Å². The second kappa shape index (κ2) is 8.27. The smallest absolute Gasteiger partial charge is 0.252 e. The van der Waals surface area contributed by atoms with Gasteiger partial charge in [-0.1, -0.05) is 30.3 Å². The molecule has 0 saturated carbocycles. The molecule has 0 unspecified atom stereocenters. The fraction of sp³-hybridized carbons (Fsp3) is 0.208. The number of carbonyl (C=O) groups excluding carboxylic acids is 1. The first-order valence-electron chi connectivity index (χ1n) is 9.82. The summed E-state index contributed by atoms with van der Waals surface area (Å²) in [5.41, 5.74) is 6.28. The Morgan fingerprint density at radius 1 is 1.03 bits per heavy atom. The predicted octanol–water partition coefficient (Wildman–Crippen LogP) is 4.31. The molecule has 0 aliphatic carbocycles. The SMILES string of the molecule is Cc1ccc(C(=O)NCCCc2cccc(-c3ccc4c(cnn4C)c3)c2)cn1. The van der Waals surface area contributed by atoms with E-state index in [0.717, 1.165) is 29.4 Å². The third kappa shape index (κ3) is 4.35. The van der Waals surface area contributed by atoms with Crippen molar-refractivity contribution in [2.24, 2.45) is 7.05 Å². The van der Waals surface area contributed by atoms with Crippen molar-refractivity contribution in [3.05, 3.63) is 83.8 Å². The van der Waals surface area contributed by atoms with Gasteiger partial charge in [0.1, 0.15) is 0 Å². The van der Waals surface area contributed by atoms with Crippen molar-refractivity contribution in [2.75, 3.05) is 6.54 Å². The summed E-state index contributed by atoms with van der Waals surface area (Å²) in [6.45, 7) is 2.54. The molecule has 0 atom stereocenters. The lowest BCUT2D eigenvalue weighted by atomic mass is 10.00. The van der Waals surface area contributed by atoms with Crippen LogP contribution in [0, 0.1) is 6.92 Å². The Labute approximate surface area is 170 Å². The van der Waals surface area contributed by atoms with Gasteiger partial charge in [0.25, 0.3) is 5.91 Å². The van der Waals surface area contributed by atoms with Crippen molar-refractivity contribution in [1.82, 2.24) is 20.1 Å². The Morgan fingerprint density at radius 2 is 1.90 bits per heavy atom. The standard InChI is InChI=1S/C24H24N4O/c1-17-8-9-21(15-26-17)24(29)25-12-4-6-18-5-3-7-19(13-18)20-10-11-23-22(14-20)16-27-28(23)2/h3,5,7-11,13-16H,4,6,12H2,1-2H3,(H,25,29). The van der Waals surface area contributed by atoms with Crippen molar-refractivity contribution in [3.63, 3.8) is 0 Å². The molecular weight excluding hydrogens is 360 g/mol. The van der Waals surface area contributed by atoms with Gasteiger partial charge in [-0.2, -0.15) is 5.10 Å². The van der Waals surface area contributed by atoms with Crippen LogP contribution >= 0.6 is 0 Å². The van der Waals surface area contributed by atoms with E-state index in [1.54, 1.807) is 12.3 Å². The van der Waals surface area contributed by atoms with Gasteiger partial charge in [0.15, 0.2) is 0 Å². The van der Waals surface area contributed by atoms with Crippen LogP contribution in [-0.2, 0) is 13.5 Å². The first-order chi connectivity index (χ1) is 14.1. The molecule has 146 valence electrons. The molecule has 5 nitrogen and oxygen atoms in total. The van der Waals surface area contributed by atoms with Crippen LogP contribution in [0.2, 0.25) is 0 Å². The molecule has 0 fully saturated rings. The Kier molecular flexibility index (Phi) is 5.38. The minimum absolute atomic E-state index is 0.0731. The molecule has 2 aromatic heterocycles. The highest BCUT2D eigenvalue weighted by atomic mass is 16.1. The Hall–Kier alpha value is -3.47. The topological polar surface area (TPSA) is 59.8 Å². The summed E-state index contributed by atoms with van der Waals surface area (Å²) in [5.74, 6) is -0.0731. The maximum atomic E-state index is 12.2. The van der Waals surface area contributed by atoms with E-state index in [4.69, 9.17) is 0 Å². The molecule has 4 rings (SSSR count). The molecule has 2 aromatic carbocycles. The quantitative estimate of drug-likeness (QED) is 0.504. The molecule has 4 aromatic rings. The normalized spacial score (nSPS) is 11.0. The van der Waals surface area contributed by atoms with Gasteiger partial charge in [-0.3, -0.25) is 14.5 Å². The van der Waals surface area contributed by atoms with Crippen LogP contribution in [0.15, 0.2) is 67.0 Å². The summed E-state index contributed by atoms with van der Waals surface area (Å²) in [5, 5.41) is 8.43. The van der Waals surface area contributed by atoms with E-state index in [0.29, 0.717) is 12.1 Å². The first kappa shape index (κ1) is 18.9. The summed E-state index contributed by atoms with van der Waals surface area (Å²) in [4.78, 5) is 16.3. The number of fused-ring (bicyclic) bond motifs is 1. The fourth-order valence-electron chi connectivity index (χ4n) is 3.45. The summed E-state index contributed by atoms with van der Waals surface area (Å²) >= 11 is 0. The molecule has 29 heavy (non-hydrogen) atoms. The number of benzene rings is 2. The largest absolute Gasteiger partial charge is 0.352 e. The number of aromatic nitrogens is 3. The van der Waals surface area contributed by atoms with Crippen molar-refractivity contribution < 1.29 is 4.79 Å². The van der Waals surface area contributed by atoms with Gasteiger partial charge in [0.05, 0.1) is 17.3 Å². The van der Waals surface area contributed by atoms with Crippen molar-refractivity contribution in [2.45, 2.75) is 19.8 Å². The molecule has 0 saturated heterocycles. The third-order valence-corrected chi connectivity index (χ3v) is 5.11. The third-order valence-electron chi connectivity index (χ3n) is 5.11. The van der Waals surface area contributed by atoms with E-state index < -0.39 is 0 Å². The monoisotopic (exact) mass is 384 g/mol. The molecular formula is C24H24N4O. The van der Waals surface area contributed by atoms with Crippen LogP contribution < -0.4 is 5.32 Å². The Bertz CT molecular complexity index is 1150. The van der Waals surface area contributed by atoms with Crippen LogP contribution in [0.3, 0.4) is 0 Å². The van der Waals surface area contributed by atoms with E-state index in [1.165, 1.54) is 16.7 Å². The molecule has 1 N–H and O–H groups in total. The molecule has 0 aliphatic rings. The van der Waals surface area contributed by atoms with Gasteiger partial charge in [0, 0.05) is 30.9 Å². The molecule has 0 radical (unpaired) electrons. The maximum absolute atomic E-state index is 12.2. The molecule has 1 amide bonds. The van der Waals surface area contributed by atoms with E-state index in [9.17, 15) is 4.79 Å². The van der Waals surface area contributed by atoms with E-state index in [-0.39, 0.29) is 5.91 Å². The highest BCUT2D eigenvalue weighted by Gasteiger charge is 2.06. The zero-order valence-corrected chi connectivity index (χ0v) is 16.7. The summed E-state index contributed by atoms with van der Waals surface area (Å²) < 4.78 is 1.89. The lowest BCUT2D eigenvalue weighted by Crippen LogP contribution is -2.24. The number of rotatable bonds is 6. The average molecular weight is 384 g/mol. The first-order valence-corrected chi connectivity index (χ1v) is 9.82. The molecule has 0 aliphatic heterocycles. The summed E-state index contributed by atoms with van der Waals surface area (Å²) in [7, 11) is 1.96. The van der Waals surface area contributed by atoms with Gasteiger partial charge in [-0.25, -0.2) is 0 Å². The van der Waals surface area contributed by atoms with Gasteiger partial charge in [-0.05, 0) is 60.7 Å². The zero-order valence-electron chi connectivity index (χ0n) is 16.7. The van der Waals surface area contributed by atoms with Crippen LogP contribution in [0.5, 0.6) is 0 Å². The number of hydrogen-bond acceptors (Lipinski definition) is 3. The maximum Gasteiger partial charge on any atom is 0.252 e. The van der Waals surface area contributed by atoms with Gasteiger partial charge >= 0.3 is 0 Å². The predicted molar refractivity (Wildman–Crippen MR) is 116 cm³/mol. The van der Waals surface area contributed by atoms with Crippen molar-refractivity contribution >= 4 is 16.8 Å². The van der Waals surface area contributed by atoms with Crippen LogP contribution in [0.4, 0.5) is 0 Å². The number of carbonyl (C=O) groups is 1. The van der Waals surface area contributed by atoms with Crippen LogP contribution in [0.25, 0.3) is 22.0 Å². The number of hydrogen-bond donors (Lipinski definition) is 1. The van der Waals surface area contributed by atoms with Crippen LogP contribution in [0.1, 0.15) is 28.0 Å². The minimum atomic E-state index is -0.0731. The molecule has 0 spiro atoms. The minimum Gasteiger partial charge on any atom is -0.352 e. The number of amides is 1. The van der Waals surface area contributed by atoms with E-state index in [1.807, 2.05) is 30.9 Å². The summed E-state index contributed by atoms with van der Waals surface area (Å²) in [6.07, 6.45) is 5.31. The summed E-state index contributed by atoms with van der Waals surface area (Å²) in [6, 6.07) is 18.7. The zero-order chi connectivity index (χ0) is 20.2. The highest BCUT2D eigenvalue weighted by Crippen LogP contribution is 2.25. The van der Waals surface area contributed by atoms with Gasteiger partial charge in [-0.15, -0.1) is 0 Å². The lowest BCUT2D eigenvalue weighted by molar-refractivity contribution is 0.0953. The number of pyridine rings is 1. The van der Waals surface area contributed by atoms with E-state index >= 15 is 0 Å². The van der Waals surface area contributed by atoms with Gasteiger partial charge < -0.3 is 5.32 Å². The molecule has 0 bridgehead atoms. The number of nitrogens with zero attached hydrogens (tertiary/aromatic N) is 3. The molecule has 5 heteroatoms. The Balaban J connectivity index is 1.36.